The molecule has 30 heavy (non-hydrogen) atoms. The fraction of sp³-hybridized carbons (Fsp3) is 0.478. The third-order valence-corrected chi connectivity index (χ3v) is 7.29. The van der Waals surface area contributed by atoms with E-state index >= 15 is 0 Å². The summed E-state index contributed by atoms with van der Waals surface area (Å²) >= 11 is 0. The van der Waals surface area contributed by atoms with E-state index in [1.54, 1.807) is 12.1 Å². The molecule has 4 rings (SSSR count). The summed E-state index contributed by atoms with van der Waals surface area (Å²) in [6.45, 7) is 6.29. The van der Waals surface area contributed by atoms with E-state index in [4.69, 9.17) is 4.74 Å². The molecule has 162 valence electrons. The molecular weight excluding hydrogens is 398 g/mol. The van der Waals surface area contributed by atoms with Crippen LogP contribution in [0.4, 0.5) is 11.4 Å². The minimum atomic E-state index is -3.62. The highest BCUT2D eigenvalue weighted by molar-refractivity contribution is 7.92. The highest BCUT2D eigenvalue weighted by atomic mass is 32.2. The fourth-order valence-electron chi connectivity index (χ4n) is 4.21. The second-order valence-corrected chi connectivity index (χ2v) is 9.76. The molecule has 2 aromatic rings. The van der Waals surface area contributed by atoms with Crippen LogP contribution in [0.1, 0.15) is 30.9 Å². The molecule has 0 saturated carbocycles. The van der Waals surface area contributed by atoms with E-state index < -0.39 is 10.0 Å². The summed E-state index contributed by atoms with van der Waals surface area (Å²) in [5.41, 5.74) is 4.21. The second-order valence-electron chi connectivity index (χ2n) is 8.08. The number of nitrogens with one attached hydrogen (secondary N) is 2. The number of hydrogen-bond acceptors (Lipinski definition) is 5. The molecule has 1 atom stereocenters. The minimum absolute atomic E-state index is 0.279. The number of aryl methyl sites for hydroxylation is 1. The molecule has 0 amide bonds. The first-order valence-electron chi connectivity index (χ1n) is 10.9. The van der Waals surface area contributed by atoms with E-state index in [0.717, 1.165) is 51.0 Å². The van der Waals surface area contributed by atoms with Gasteiger partial charge in [-0.15, -0.1) is 0 Å². The molecule has 7 heteroatoms. The summed E-state index contributed by atoms with van der Waals surface area (Å²) in [5.74, 6) is 0. The van der Waals surface area contributed by atoms with Crippen LogP contribution >= 0.6 is 0 Å². The molecule has 1 aliphatic carbocycles. The van der Waals surface area contributed by atoms with E-state index in [1.165, 1.54) is 11.1 Å². The van der Waals surface area contributed by atoms with Gasteiger partial charge in [0.2, 0.25) is 0 Å². The molecule has 6 nitrogen and oxygen atoms in total. The Bertz CT molecular complexity index is 954. The van der Waals surface area contributed by atoms with Crippen molar-refractivity contribution in [2.45, 2.75) is 43.5 Å². The molecule has 1 heterocycles. The van der Waals surface area contributed by atoms with Crippen molar-refractivity contribution >= 4 is 21.4 Å². The monoisotopic (exact) mass is 429 g/mol. The Morgan fingerprint density at radius 3 is 2.57 bits per heavy atom. The van der Waals surface area contributed by atoms with Gasteiger partial charge in [0.05, 0.1) is 18.1 Å². The van der Waals surface area contributed by atoms with Crippen LogP contribution in [-0.2, 0) is 27.6 Å². The van der Waals surface area contributed by atoms with E-state index in [0.29, 0.717) is 24.9 Å². The topological polar surface area (TPSA) is 70.7 Å². The smallest absolute Gasteiger partial charge is 0.261 e. The average molecular weight is 430 g/mol. The van der Waals surface area contributed by atoms with Crippen LogP contribution in [0.5, 0.6) is 0 Å². The predicted molar refractivity (Wildman–Crippen MR) is 121 cm³/mol. The van der Waals surface area contributed by atoms with Gasteiger partial charge in [-0.25, -0.2) is 8.42 Å². The van der Waals surface area contributed by atoms with Crippen LogP contribution in [0.2, 0.25) is 0 Å². The van der Waals surface area contributed by atoms with Gasteiger partial charge in [0, 0.05) is 30.5 Å². The zero-order chi connectivity index (χ0) is 21.0. The molecule has 0 spiro atoms. The highest BCUT2D eigenvalue weighted by Crippen LogP contribution is 2.27. The lowest BCUT2D eigenvalue weighted by atomic mass is 9.88. The number of benzene rings is 2. The number of nitrogens with zero attached hydrogens (tertiary/aromatic N) is 1. The lowest BCUT2D eigenvalue weighted by Gasteiger charge is -2.28. The van der Waals surface area contributed by atoms with Crippen LogP contribution in [-0.4, -0.2) is 47.3 Å². The first-order chi connectivity index (χ1) is 14.5. The van der Waals surface area contributed by atoms with E-state index in [-0.39, 0.29) is 4.90 Å². The van der Waals surface area contributed by atoms with Gasteiger partial charge in [-0.05, 0) is 79.8 Å². The van der Waals surface area contributed by atoms with Crippen molar-refractivity contribution in [2.75, 3.05) is 42.5 Å². The Labute approximate surface area is 179 Å². The largest absolute Gasteiger partial charge is 0.378 e. The van der Waals surface area contributed by atoms with Gasteiger partial charge < -0.3 is 15.0 Å². The van der Waals surface area contributed by atoms with E-state index in [2.05, 4.69) is 27.9 Å². The molecule has 2 N–H and O–H groups in total. The number of anilines is 2. The van der Waals surface area contributed by atoms with Crippen LogP contribution in [0.25, 0.3) is 0 Å². The first kappa shape index (κ1) is 21.2. The molecule has 1 aliphatic heterocycles. The molecule has 2 aliphatic rings. The number of morpholine rings is 1. The molecule has 1 saturated heterocycles. The Morgan fingerprint density at radius 2 is 1.83 bits per heavy atom. The number of sulfonamides is 1. The van der Waals surface area contributed by atoms with Crippen LogP contribution in [0, 0.1) is 0 Å². The quantitative estimate of drug-likeness (QED) is 0.707. The summed E-state index contributed by atoms with van der Waals surface area (Å²) in [5, 5.41) is 3.59. The molecular formula is C23H31N3O3S. The maximum absolute atomic E-state index is 12.9. The van der Waals surface area contributed by atoms with E-state index in [9.17, 15) is 8.42 Å². The molecule has 0 bridgehead atoms. The predicted octanol–water partition coefficient (Wildman–Crippen LogP) is 3.18. The SMILES string of the molecule is CCCNC1CCc2cc(NS(=O)(=O)c3ccc(N4CCOCC4)cc3)ccc2C1. The Morgan fingerprint density at radius 1 is 1.07 bits per heavy atom. The third kappa shape index (κ3) is 4.96. The Hall–Kier alpha value is -2.09. The van der Waals surface area contributed by atoms with Crippen LogP contribution in [0.3, 0.4) is 0 Å². The second kappa shape index (κ2) is 9.37. The lowest BCUT2D eigenvalue weighted by molar-refractivity contribution is 0.122. The summed E-state index contributed by atoms with van der Waals surface area (Å²) < 4.78 is 33.9. The molecule has 2 aromatic carbocycles. The summed E-state index contributed by atoms with van der Waals surface area (Å²) in [6, 6.07) is 13.5. The fourth-order valence-corrected chi connectivity index (χ4v) is 5.26. The zero-order valence-corrected chi connectivity index (χ0v) is 18.4. The summed E-state index contributed by atoms with van der Waals surface area (Å²) in [7, 11) is -3.62. The Kier molecular flexibility index (Phi) is 6.61. The van der Waals surface area contributed by atoms with Gasteiger partial charge in [-0.2, -0.15) is 0 Å². The van der Waals surface area contributed by atoms with Gasteiger partial charge >= 0.3 is 0 Å². The number of rotatable bonds is 7. The average Bonchev–Trinajstić information content (AvgIpc) is 2.78. The maximum Gasteiger partial charge on any atom is 0.261 e. The van der Waals surface area contributed by atoms with Gasteiger partial charge in [-0.3, -0.25) is 4.72 Å². The van der Waals surface area contributed by atoms with Crippen molar-refractivity contribution in [3.8, 4) is 0 Å². The molecule has 0 aromatic heterocycles. The standard InChI is InChI=1S/C23H31N3O3S/c1-2-11-24-20-5-3-19-17-21(6-4-18(19)16-20)25-30(27,28)23-9-7-22(8-10-23)26-12-14-29-15-13-26/h4,6-10,17,20,24-25H,2-3,5,11-16H2,1H3. The number of ether oxygens (including phenoxy) is 1. The van der Waals surface area contributed by atoms with Crippen molar-refractivity contribution in [2.24, 2.45) is 0 Å². The van der Waals surface area contributed by atoms with Gasteiger partial charge in [0.15, 0.2) is 0 Å². The minimum Gasteiger partial charge on any atom is -0.378 e. The first-order valence-corrected chi connectivity index (χ1v) is 12.3. The normalized spacial score (nSPS) is 19.4. The molecule has 1 fully saturated rings. The maximum atomic E-state index is 12.9. The van der Waals surface area contributed by atoms with Crippen LogP contribution in [0.15, 0.2) is 47.4 Å². The number of fused-ring (bicyclic) bond motifs is 1. The summed E-state index contributed by atoms with van der Waals surface area (Å²) in [6.07, 6.45) is 4.20. The third-order valence-electron chi connectivity index (χ3n) is 5.89. The van der Waals surface area contributed by atoms with Crippen LogP contribution < -0.4 is 14.9 Å². The van der Waals surface area contributed by atoms with Gasteiger partial charge in [0.25, 0.3) is 10.0 Å². The van der Waals surface area contributed by atoms with Crippen molar-refractivity contribution in [1.29, 1.82) is 0 Å². The van der Waals surface area contributed by atoms with Crippen molar-refractivity contribution in [3.63, 3.8) is 0 Å². The van der Waals surface area contributed by atoms with Gasteiger partial charge in [0.1, 0.15) is 0 Å². The highest BCUT2D eigenvalue weighted by Gasteiger charge is 2.20. The van der Waals surface area contributed by atoms with Crippen molar-refractivity contribution in [3.05, 3.63) is 53.6 Å². The molecule has 1 unspecified atom stereocenters. The van der Waals surface area contributed by atoms with Crippen molar-refractivity contribution in [1.82, 2.24) is 5.32 Å². The van der Waals surface area contributed by atoms with Crippen molar-refractivity contribution < 1.29 is 13.2 Å². The zero-order valence-electron chi connectivity index (χ0n) is 17.6. The van der Waals surface area contributed by atoms with E-state index in [1.807, 2.05) is 24.3 Å². The lowest BCUT2D eigenvalue weighted by Crippen LogP contribution is -2.36. The Balaban J connectivity index is 1.43. The van der Waals surface area contributed by atoms with Gasteiger partial charge in [-0.1, -0.05) is 13.0 Å². The number of hydrogen-bond donors (Lipinski definition) is 2. The summed E-state index contributed by atoms with van der Waals surface area (Å²) in [4.78, 5) is 2.49. The molecule has 0 radical (unpaired) electrons.